The van der Waals surface area contributed by atoms with E-state index in [4.69, 9.17) is 5.73 Å². The van der Waals surface area contributed by atoms with Crippen LogP contribution in [0.5, 0.6) is 0 Å². The van der Waals surface area contributed by atoms with Crippen molar-refractivity contribution in [1.82, 2.24) is 0 Å². The van der Waals surface area contributed by atoms with Crippen LogP contribution in [0.4, 0.5) is 0 Å². The predicted molar refractivity (Wildman–Crippen MR) is 72.7 cm³/mol. The molecule has 4 atom stereocenters. The second-order valence-corrected chi connectivity index (χ2v) is 7.59. The lowest BCUT2D eigenvalue weighted by Gasteiger charge is -2.36. The zero-order chi connectivity index (χ0) is 10.7. The Hall–Kier alpha value is 0.660. The van der Waals surface area contributed by atoms with Crippen molar-refractivity contribution in [2.24, 2.45) is 17.6 Å². The smallest absolute Gasteiger partial charge is 0.0292 e. The van der Waals surface area contributed by atoms with Crippen molar-refractivity contribution in [3.63, 3.8) is 0 Å². The van der Waals surface area contributed by atoms with Crippen LogP contribution in [0, 0.1) is 11.8 Å². The zero-order valence-electron chi connectivity index (χ0n) is 9.65. The molecule has 0 amide bonds. The summed E-state index contributed by atoms with van der Waals surface area (Å²) in [6, 6.07) is 0.463. The molecule has 2 aliphatic rings. The average Bonchev–Trinajstić information content (AvgIpc) is 2.29. The van der Waals surface area contributed by atoms with Crippen LogP contribution in [0.2, 0.25) is 0 Å². The van der Waals surface area contributed by atoms with Gasteiger partial charge >= 0.3 is 0 Å². The first-order valence-electron chi connectivity index (χ1n) is 6.22. The lowest BCUT2D eigenvalue weighted by Crippen LogP contribution is -2.43. The second-order valence-electron chi connectivity index (χ2n) is 5.09. The van der Waals surface area contributed by atoms with Gasteiger partial charge in [0.15, 0.2) is 0 Å². The fourth-order valence-corrected chi connectivity index (χ4v) is 5.76. The minimum atomic E-state index is 0.463. The molecule has 0 spiro atoms. The SMILES string of the molecule is CC1CCCC(C(N)C2CSCCS2)C1. The second kappa shape index (κ2) is 5.83. The molecule has 0 radical (unpaired) electrons. The standard InChI is InChI=1S/C12H23NS2/c1-9-3-2-4-10(7-9)12(13)11-8-14-5-6-15-11/h9-12H,2-8,13H2,1H3. The largest absolute Gasteiger partial charge is 0.326 e. The third kappa shape index (κ3) is 3.31. The summed E-state index contributed by atoms with van der Waals surface area (Å²) < 4.78 is 0. The van der Waals surface area contributed by atoms with Crippen molar-refractivity contribution in [3.8, 4) is 0 Å². The van der Waals surface area contributed by atoms with E-state index >= 15 is 0 Å². The molecule has 2 N–H and O–H groups in total. The molecule has 1 heterocycles. The van der Waals surface area contributed by atoms with E-state index in [1.165, 1.54) is 42.9 Å². The van der Waals surface area contributed by atoms with Gasteiger partial charge in [0.2, 0.25) is 0 Å². The Kier molecular flexibility index (Phi) is 4.71. The summed E-state index contributed by atoms with van der Waals surface area (Å²) in [6.45, 7) is 2.39. The number of thioether (sulfide) groups is 2. The predicted octanol–water partition coefficient (Wildman–Crippen LogP) is 2.99. The average molecular weight is 245 g/mol. The maximum atomic E-state index is 6.45. The molecular formula is C12H23NS2. The van der Waals surface area contributed by atoms with Crippen molar-refractivity contribution in [2.75, 3.05) is 17.3 Å². The fraction of sp³-hybridized carbons (Fsp3) is 1.00. The Bertz CT molecular complexity index is 192. The highest BCUT2D eigenvalue weighted by Crippen LogP contribution is 2.35. The topological polar surface area (TPSA) is 26.0 Å². The summed E-state index contributed by atoms with van der Waals surface area (Å²) >= 11 is 4.22. The highest BCUT2D eigenvalue weighted by Gasteiger charge is 2.30. The van der Waals surface area contributed by atoms with Crippen LogP contribution in [0.15, 0.2) is 0 Å². The Morgan fingerprint density at radius 3 is 2.80 bits per heavy atom. The van der Waals surface area contributed by atoms with Gasteiger partial charge in [0.1, 0.15) is 0 Å². The molecular weight excluding hydrogens is 222 g/mol. The van der Waals surface area contributed by atoms with Crippen LogP contribution in [-0.4, -0.2) is 28.6 Å². The van der Waals surface area contributed by atoms with Crippen molar-refractivity contribution in [2.45, 2.75) is 43.9 Å². The van der Waals surface area contributed by atoms with Crippen LogP contribution in [0.25, 0.3) is 0 Å². The summed E-state index contributed by atoms with van der Waals surface area (Å²) in [4.78, 5) is 0. The summed E-state index contributed by atoms with van der Waals surface area (Å²) in [5.41, 5.74) is 6.45. The van der Waals surface area contributed by atoms with Gasteiger partial charge < -0.3 is 5.73 Å². The normalized spacial score (nSPS) is 40.0. The summed E-state index contributed by atoms with van der Waals surface area (Å²) in [5.74, 6) is 5.65. The van der Waals surface area contributed by atoms with E-state index in [0.717, 1.165) is 17.1 Å². The van der Waals surface area contributed by atoms with Gasteiger partial charge in [-0.3, -0.25) is 0 Å². The monoisotopic (exact) mass is 245 g/mol. The maximum Gasteiger partial charge on any atom is 0.0292 e. The van der Waals surface area contributed by atoms with Crippen molar-refractivity contribution >= 4 is 23.5 Å². The lowest BCUT2D eigenvalue weighted by atomic mass is 9.78. The first-order chi connectivity index (χ1) is 7.27. The number of nitrogens with two attached hydrogens (primary N) is 1. The van der Waals surface area contributed by atoms with Crippen molar-refractivity contribution in [1.29, 1.82) is 0 Å². The van der Waals surface area contributed by atoms with Crippen LogP contribution < -0.4 is 5.73 Å². The van der Waals surface area contributed by atoms with E-state index < -0.39 is 0 Å². The number of rotatable bonds is 2. The third-order valence-corrected chi connectivity index (χ3v) is 6.70. The molecule has 1 saturated heterocycles. The van der Waals surface area contributed by atoms with Gasteiger partial charge in [0.25, 0.3) is 0 Å². The first-order valence-corrected chi connectivity index (χ1v) is 8.42. The van der Waals surface area contributed by atoms with Gasteiger partial charge in [0.05, 0.1) is 0 Å². The Labute approximate surface area is 102 Å². The maximum absolute atomic E-state index is 6.45. The number of hydrogen-bond acceptors (Lipinski definition) is 3. The number of hydrogen-bond donors (Lipinski definition) is 1. The molecule has 1 aliphatic carbocycles. The lowest BCUT2D eigenvalue weighted by molar-refractivity contribution is 0.246. The van der Waals surface area contributed by atoms with Gasteiger partial charge in [-0.05, 0) is 24.7 Å². The summed E-state index contributed by atoms with van der Waals surface area (Å²) in [6.07, 6.45) is 5.59. The molecule has 1 nitrogen and oxygen atoms in total. The first kappa shape index (κ1) is 12.1. The molecule has 2 rings (SSSR count). The van der Waals surface area contributed by atoms with Crippen LogP contribution in [0.3, 0.4) is 0 Å². The zero-order valence-corrected chi connectivity index (χ0v) is 11.3. The van der Waals surface area contributed by atoms with Gasteiger partial charge in [-0.1, -0.05) is 19.8 Å². The van der Waals surface area contributed by atoms with Crippen LogP contribution in [0.1, 0.15) is 32.6 Å². The van der Waals surface area contributed by atoms with E-state index in [1.54, 1.807) is 0 Å². The summed E-state index contributed by atoms with van der Waals surface area (Å²) in [5, 5.41) is 0.735. The van der Waals surface area contributed by atoms with Gasteiger partial charge in [-0.15, -0.1) is 0 Å². The van der Waals surface area contributed by atoms with Gasteiger partial charge in [-0.2, -0.15) is 23.5 Å². The molecule has 0 aromatic carbocycles. The molecule has 4 unspecified atom stereocenters. The molecule has 1 saturated carbocycles. The van der Waals surface area contributed by atoms with E-state index in [9.17, 15) is 0 Å². The molecule has 0 aromatic heterocycles. The van der Waals surface area contributed by atoms with E-state index in [0.29, 0.717) is 6.04 Å². The summed E-state index contributed by atoms with van der Waals surface area (Å²) in [7, 11) is 0. The molecule has 3 heteroatoms. The van der Waals surface area contributed by atoms with Crippen molar-refractivity contribution in [3.05, 3.63) is 0 Å². The molecule has 2 fully saturated rings. The van der Waals surface area contributed by atoms with Gasteiger partial charge in [-0.25, -0.2) is 0 Å². The third-order valence-electron chi connectivity index (χ3n) is 3.79. The minimum absolute atomic E-state index is 0.463. The minimum Gasteiger partial charge on any atom is -0.326 e. The quantitative estimate of drug-likeness (QED) is 0.810. The van der Waals surface area contributed by atoms with E-state index in [2.05, 4.69) is 30.4 Å². The van der Waals surface area contributed by atoms with E-state index in [1.807, 2.05) is 0 Å². The molecule has 15 heavy (non-hydrogen) atoms. The molecule has 88 valence electrons. The highest BCUT2D eigenvalue weighted by molar-refractivity contribution is 8.06. The highest BCUT2D eigenvalue weighted by atomic mass is 32.2. The molecule has 0 bridgehead atoms. The van der Waals surface area contributed by atoms with Crippen LogP contribution in [-0.2, 0) is 0 Å². The Balaban J connectivity index is 1.85. The molecule has 1 aliphatic heterocycles. The van der Waals surface area contributed by atoms with Crippen LogP contribution >= 0.6 is 23.5 Å². The van der Waals surface area contributed by atoms with Crippen molar-refractivity contribution < 1.29 is 0 Å². The molecule has 0 aromatic rings. The Morgan fingerprint density at radius 2 is 2.13 bits per heavy atom. The Morgan fingerprint density at radius 1 is 1.27 bits per heavy atom. The van der Waals surface area contributed by atoms with E-state index in [-0.39, 0.29) is 0 Å². The van der Waals surface area contributed by atoms with Gasteiger partial charge in [0, 0.05) is 28.6 Å². The fourth-order valence-electron chi connectivity index (χ4n) is 2.86.